The number of nitriles is 1. The molecule has 182 valence electrons. The molecule has 0 saturated heterocycles. The van der Waals surface area contributed by atoms with Crippen molar-refractivity contribution in [2.24, 2.45) is 0 Å². The lowest BCUT2D eigenvalue weighted by Gasteiger charge is -2.01. The number of carbonyl (C=O) groups is 2. The lowest BCUT2D eigenvalue weighted by molar-refractivity contribution is -0.140. The Balaban J connectivity index is 0.000000233. The monoisotopic (exact) mass is 505 g/mol. The van der Waals surface area contributed by atoms with E-state index in [1.54, 1.807) is 7.05 Å². The molecule has 4 aromatic rings. The summed E-state index contributed by atoms with van der Waals surface area (Å²) in [6.45, 7) is 2.83. The molecule has 3 aromatic heterocycles. The number of aromatic nitrogens is 3. The fourth-order valence-electron chi connectivity index (χ4n) is 3.23. The van der Waals surface area contributed by atoms with Crippen LogP contribution in [-0.2, 0) is 26.3 Å². The van der Waals surface area contributed by atoms with Gasteiger partial charge in [0.25, 0.3) is 23.8 Å². The number of nitrogens with one attached hydrogen (secondary N) is 1. The molecule has 0 atom stereocenters. The summed E-state index contributed by atoms with van der Waals surface area (Å²) in [6.07, 6.45) is 0.967. The number of nitrogens with zero attached hydrogens (tertiary/aromatic N) is 4. The molecule has 12 heteroatoms. The van der Waals surface area contributed by atoms with Gasteiger partial charge in [0, 0.05) is 7.05 Å². The van der Waals surface area contributed by atoms with Gasteiger partial charge in [0.2, 0.25) is 5.89 Å². The number of fused-ring (bicyclic) bond motifs is 1. The van der Waals surface area contributed by atoms with E-state index in [9.17, 15) is 14.7 Å². The first kappa shape index (κ1) is 24.4. The number of carbonyl (C=O) groups excluding carboxylic acids is 1. The summed E-state index contributed by atoms with van der Waals surface area (Å²) < 4.78 is 19.4. The van der Waals surface area contributed by atoms with Crippen LogP contribution >= 0.6 is 11.5 Å². The van der Waals surface area contributed by atoms with Gasteiger partial charge in [-0.2, -0.15) is 19.6 Å². The number of hydrogen-bond donors (Lipinski definition) is 2. The summed E-state index contributed by atoms with van der Waals surface area (Å²) in [6, 6.07) is 9.79. The maximum Gasteiger partial charge on any atom is 0.319 e. The highest BCUT2D eigenvalue weighted by Crippen LogP contribution is 2.48. The summed E-state index contributed by atoms with van der Waals surface area (Å²) in [5, 5.41) is 21.1. The minimum Gasteiger partial charge on any atom is -0.480 e. The van der Waals surface area contributed by atoms with Crippen molar-refractivity contribution in [1.29, 1.82) is 5.26 Å². The number of carboxylic acids is 1. The Labute approximate surface area is 208 Å². The Hall–Kier alpha value is -4.68. The fourth-order valence-corrected chi connectivity index (χ4v) is 3.94. The standard InChI is InChI=1S/C15H9N5O4S.C9H10O2/c1-17-10-7(6-16)20-25-8(10)2-3-9-18-11-12(23-9)19-13(24-11)15(4-5-15)14(21)22;1-8-4-2-3-5-9(8)6-11-7-10/h17H,4-5H2,1H3,(H,21,22);2-5,7H,6H2,1H3. The zero-order valence-corrected chi connectivity index (χ0v) is 20.0. The number of aryl methyl sites for hydroxylation is 1. The van der Waals surface area contributed by atoms with E-state index in [1.165, 1.54) is 0 Å². The van der Waals surface area contributed by atoms with Gasteiger partial charge in [-0.15, -0.1) is 0 Å². The molecular weight excluding hydrogens is 486 g/mol. The molecule has 1 aliphatic rings. The molecular formula is C24H19N5O6S. The van der Waals surface area contributed by atoms with Crippen molar-refractivity contribution < 1.29 is 28.3 Å². The minimum absolute atomic E-state index is 0.0851. The maximum absolute atomic E-state index is 11.3. The fraction of sp³-hybridized carbons (Fsp3) is 0.250. The molecule has 0 unspecified atom stereocenters. The molecule has 2 N–H and O–H groups in total. The van der Waals surface area contributed by atoms with E-state index >= 15 is 0 Å². The smallest absolute Gasteiger partial charge is 0.319 e. The number of aliphatic carboxylic acids is 1. The Bertz CT molecular complexity index is 1500. The first-order chi connectivity index (χ1) is 17.4. The van der Waals surface area contributed by atoms with Crippen molar-refractivity contribution >= 4 is 41.1 Å². The average molecular weight is 506 g/mol. The number of benzene rings is 1. The van der Waals surface area contributed by atoms with Crippen LogP contribution in [0.2, 0.25) is 0 Å². The highest BCUT2D eigenvalue weighted by Gasteiger charge is 2.56. The molecule has 0 aliphatic heterocycles. The second kappa shape index (κ2) is 10.3. The van der Waals surface area contributed by atoms with E-state index in [2.05, 4.69) is 36.2 Å². The van der Waals surface area contributed by atoms with E-state index in [1.807, 2.05) is 37.3 Å². The third kappa shape index (κ3) is 4.89. The summed E-state index contributed by atoms with van der Waals surface area (Å²) >= 11 is 1.09. The molecule has 0 radical (unpaired) electrons. The molecule has 1 aliphatic carbocycles. The van der Waals surface area contributed by atoms with Gasteiger partial charge in [-0.05, 0) is 54.3 Å². The van der Waals surface area contributed by atoms with Gasteiger partial charge in [0.05, 0.1) is 5.69 Å². The molecule has 36 heavy (non-hydrogen) atoms. The zero-order chi connectivity index (χ0) is 25.7. The summed E-state index contributed by atoms with van der Waals surface area (Å²) in [7, 11) is 1.68. The van der Waals surface area contributed by atoms with E-state index in [0.29, 0.717) is 36.5 Å². The molecule has 0 bridgehead atoms. The summed E-state index contributed by atoms with van der Waals surface area (Å²) in [5.41, 5.74) is 2.20. The largest absolute Gasteiger partial charge is 0.480 e. The second-order valence-electron chi connectivity index (χ2n) is 7.72. The molecule has 1 fully saturated rings. The van der Waals surface area contributed by atoms with E-state index in [-0.39, 0.29) is 28.9 Å². The van der Waals surface area contributed by atoms with Crippen molar-refractivity contribution in [3.05, 3.63) is 57.7 Å². The van der Waals surface area contributed by atoms with Gasteiger partial charge in [0.1, 0.15) is 23.0 Å². The lowest BCUT2D eigenvalue weighted by atomic mass is 10.1. The number of rotatable bonds is 6. The van der Waals surface area contributed by atoms with Gasteiger partial charge in [-0.1, -0.05) is 24.3 Å². The van der Waals surface area contributed by atoms with E-state index in [4.69, 9.17) is 14.1 Å². The predicted octanol–water partition coefficient (Wildman–Crippen LogP) is 3.37. The quantitative estimate of drug-likeness (QED) is 0.291. The molecule has 3 heterocycles. The molecule has 0 spiro atoms. The first-order valence-corrected chi connectivity index (χ1v) is 11.4. The van der Waals surface area contributed by atoms with Crippen LogP contribution in [0.1, 0.15) is 46.3 Å². The Morgan fingerprint density at radius 2 is 2.03 bits per heavy atom. The Kier molecular flexibility index (Phi) is 6.99. The minimum atomic E-state index is -1.05. The van der Waals surface area contributed by atoms with Gasteiger partial charge in [-0.3, -0.25) is 9.59 Å². The van der Waals surface area contributed by atoms with E-state index in [0.717, 1.165) is 22.7 Å². The van der Waals surface area contributed by atoms with Gasteiger partial charge in [-0.25, -0.2) is 0 Å². The SMILES string of the molecule is CNc1c(C#N)nsc1C#Cc1nc2oc(C3(C(=O)O)CC3)nc2o1.Cc1ccccc1COC=O. The van der Waals surface area contributed by atoms with Crippen LogP contribution in [-0.4, -0.2) is 38.9 Å². The third-order valence-corrected chi connectivity index (χ3v) is 6.21. The number of anilines is 1. The maximum atomic E-state index is 11.3. The molecule has 5 rings (SSSR count). The van der Waals surface area contributed by atoms with Crippen LogP contribution in [0.5, 0.6) is 0 Å². The van der Waals surface area contributed by atoms with Crippen LogP contribution in [0.25, 0.3) is 11.4 Å². The van der Waals surface area contributed by atoms with Crippen molar-refractivity contribution in [1.82, 2.24) is 14.3 Å². The third-order valence-electron chi connectivity index (χ3n) is 5.44. The van der Waals surface area contributed by atoms with Gasteiger partial charge < -0.3 is 24.0 Å². The van der Waals surface area contributed by atoms with Crippen LogP contribution in [0, 0.1) is 30.1 Å². The van der Waals surface area contributed by atoms with Crippen LogP contribution in [0.4, 0.5) is 5.69 Å². The zero-order valence-electron chi connectivity index (χ0n) is 19.2. The van der Waals surface area contributed by atoms with Gasteiger partial charge >= 0.3 is 5.97 Å². The van der Waals surface area contributed by atoms with Crippen LogP contribution in [0.15, 0.2) is 33.1 Å². The molecule has 1 saturated carbocycles. The van der Waals surface area contributed by atoms with Crippen molar-refractivity contribution in [2.45, 2.75) is 31.8 Å². The first-order valence-electron chi connectivity index (χ1n) is 10.6. The average Bonchev–Trinajstić information content (AvgIpc) is 3.24. The molecule has 11 nitrogen and oxygen atoms in total. The number of ether oxygens (including phenoxy) is 1. The Morgan fingerprint density at radius 3 is 2.64 bits per heavy atom. The highest BCUT2D eigenvalue weighted by molar-refractivity contribution is 7.07. The van der Waals surface area contributed by atoms with Crippen molar-refractivity contribution in [3.8, 4) is 17.9 Å². The van der Waals surface area contributed by atoms with Crippen molar-refractivity contribution in [2.75, 3.05) is 12.4 Å². The topological polar surface area (TPSA) is 164 Å². The predicted molar refractivity (Wildman–Crippen MR) is 127 cm³/mol. The lowest BCUT2D eigenvalue weighted by Crippen LogP contribution is -2.19. The molecule has 1 aromatic carbocycles. The summed E-state index contributed by atoms with van der Waals surface area (Å²) in [5.74, 6) is 4.79. The van der Waals surface area contributed by atoms with Gasteiger partial charge in [0.15, 0.2) is 5.69 Å². The normalized spacial score (nSPS) is 12.9. The number of oxazole rings is 2. The van der Waals surface area contributed by atoms with E-state index < -0.39 is 11.4 Å². The summed E-state index contributed by atoms with van der Waals surface area (Å²) in [4.78, 5) is 29.9. The molecule has 0 amide bonds. The highest BCUT2D eigenvalue weighted by atomic mass is 32.1. The van der Waals surface area contributed by atoms with Crippen molar-refractivity contribution in [3.63, 3.8) is 0 Å². The van der Waals surface area contributed by atoms with Crippen LogP contribution < -0.4 is 5.32 Å². The number of hydrogen-bond acceptors (Lipinski definition) is 11. The Morgan fingerprint density at radius 1 is 1.28 bits per heavy atom. The van der Waals surface area contributed by atoms with Crippen LogP contribution in [0.3, 0.4) is 0 Å². The number of carboxylic acid groups (broad SMARTS) is 1. The second-order valence-corrected chi connectivity index (χ2v) is 8.49.